The van der Waals surface area contributed by atoms with Crippen molar-refractivity contribution in [1.82, 2.24) is 4.98 Å². The van der Waals surface area contributed by atoms with Crippen LogP contribution in [0.25, 0.3) is 0 Å². The van der Waals surface area contributed by atoms with E-state index in [4.69, 9.17) is 8.85 Å². The Morgan fingerprint density at radius 3 is 2.32 bits per heavy atom. The zero-order valence-corrected chi connectivity index (χ0v) is 35.1. The molecular formula is C40H67NO3SSi2. The number of rotatable bonds is 10. The molecule has 4 nitrogen and oxygen atoms in total. The van der Waals surface area contributed by atoms with Gasteiger partial charge >= 0.3 is 0 Å². The third-order valence-corrected chi connectivity index (χ3v) is 23.2. The number of aromatic nitrogens is 1. The molecule has 0 saturated heterocycles. The molecule has 3 fully saturated rings. The summed E-state index contributed by atoms with van der Waals surface area (Å²) in [5.74, 6) is 2.02. The molecule has 0 bridgehead atoms. The van der Waals surface area contributed by atoms with Crippen LogP contribution in [0.2, 0.25) is 36.3 Å². The van der Waals surface area contributed by atoms with Gasteiger partial charge in [-0.2, -0.15) is 0 Å². The van der Waals surface area contributed by atoms with Gasteiger partial charge in [0.2, 0.25) is 0 Å². The zero-order chi connectivity index (χ0) is 35.2. The number of Topliss-reactive ketones (excluding diaryl/α,β-unsaturated/α-hetero) is 1. The monoisotopic (exact) mass is 697 g/mol. The minimum Gasteiger partial charge on any atom is -0.413 e. The lowest BCUT2D eigenvalue weighted by molar-refractivity contribution is 0.0855. The van der Waals surface area contributed by atoms with Crippen LogP contribution in [0.4, 0.5) is 0 Å². The van der Waals surface area contributed by atoms with Crippen molar-refractivity contribution in [2.75, 3.05) is 0 Å². The van der Waals surface area contributed by atoms with Crippen LogP contribution in [0.1, 0.15) is 129 Å². The molecule has 4 rings (SSSR count). The first-order valence-electron chi connectivity index (χ1n) is 18.5. The highest BCUT2D eigenvalue weighted by molar-refractivity contribution is 7.11. The van der Waals surface area contributed by atoms with E-state index in [0.717, 1.165) is 25.0 Å². The van der Waals surface area contributed by atoms with Crippen molar-refractivity contribution in [3.05, 3.63) is 51.5 Å². The van der Waals surface area contributed by atoms with Gasteiger partial charge in [-0.25, -0.2) is 4.98 Å². The van der Waals surface area contributed by atoms with E-state index in [2.05, 4.69) is 105 Å². The molecule has 0 spiro atoms. The fraction of sp³-hybridized carbons (Fsp3) is 0.750. The summed E-state index contributed by atoms with van der Waals surface area (Å²) in [7, 11) is -3.94. The molecule has 1 heterocycles. The van der Waals surface area contributed by atoms with Crippen LogP contribution >= 0.6 is 11.3 Å². The number of thiazole rings is 1. The molecule has 0 N–H and O–H groups in total. The Balaban J connectivity index is 1.54. The maximum atomic E-state index is 12.9. The molecule has 6 atom stereocenters. The van der Waals surface area contributed by atoms with Gasteiger partial charge in [0, 0.05) is 23.9 Å². The van der Waals surface area contributed by atoms with E-state index in [0.29, 0.717) is 34.6 Å². The number of fused-ring (bicyclic) bond motifs is 1. The zero-order valence-electron chi connectivity index (χ0n) is 32.3. The Kier molecular flexibility index (Phi) is 11.7. The molecule has 0 amide bonds. The van der Waals surface area contributed by atoms with E-state index in [-0.39, 0.29) is 28.1 Å². The predicted molar refractivity (Wildman–Crippen MR) is 206 cm³/mol. The highest BCUT2D eigenvalue weighted by Gasteiger charge is 2.51. The van der Waals surface area contributed by atoms with Crippen molar-refractivity contribution in [1.29, 1.82) is 0 Å². The molecular weight excluding hydrogens is 631 g/mol. The second kappa shape index (κ2) is 14.2. The van der Waals surface area contributed by atoms with Crippen molar-refractivity contribution >= 4 is 33.8 Å². The van der Waals surface area contributed by atoms with Crippen LogP contribution in [0, 0.1) is 30.1 Å². The standard InChI is InChI=1S/C40H67NO3SSi2/c1-27(17-22-35(42)37-41-28(2)26-45-37)33-20-21-34-30(16-15-23-40(33,34)10)18-19-31-24-32(43-46(11,12)38(4,5)6)25-36(29(31)3)44-47(13,14)39(7,8)9/h18-19,26-27,32-34,36H,3,15-17,20-25H2,1-2,4-14H3/b30-18+,31-19-/t27-,32-,33-,34+,36+,40-/m1/s1. The molecule has 3 aliphatic rings. The van der Waals surface area contributed by atoms with Crippen LogP contribution in [-0.4, -0.2) is 39.6 Å². The molecule has 7 heteroatoms. The molecule has 0 unspecified atom stereocenters. The maximum absolute atomic E-state index is 12.9. The average molecular weight is 698 g/mol. The summed E-state index contributed by atoms with van der Waals surface area (Å²) in [6.45, 7) is 35.1. The maximum Gasteiger partial charge on any atom is 0.192 e. The molecule has 0 aliphatic heterocycles. The van der Waals surface area contributed by atoms with E-state index >= 15 is 0 Å². The van der Waals surface area contributed by atoms with Crippen LogP contribution < -0.4 is 0 Å². The Morgan fingerprint density at radius 1 is 1.09 bits per heavy atom. The van der Waals surface area contributed by atoms with Gasteiger partial charge < -0.3 is 8.85 Å². The van der Waals surface area contributed by atoms with E-state index < -0.39 is 16.6 Å². The Hall–Kier alpha value is -1.13. The summed E-state index contributed by atoms with van der Waals surface area (Å²) in [4.78, 5) is 17.3. The Labute approximate surface area is 294 Å². The summed E-state index contributed by atoms with van der Waals surface area (Å²) in [6.07, 6.45) is 14.7. The molecule has 0 radical (unpaired) electrons. The van der Waals surface area contributed by atoms with Gasteiger partial charge in [-0.3, -0.25) is 4.79 Å². The van der Waals surface area contributed by atoms with Crippen LogP contribution in [0.5, 0.6) is 0 Å². The first-order valence-corrected chi connectivity index (χ1v) is 25.1. The average Bonchev–Trinajstić information content (AvgIpc) is 3.54. The van der Waals surface area contributed by atoms with Crippen LogP contribution in [0.15, 0.2) is 40.8 Å². The minimum absolute atomic E-state index is 0.00777. The summed E-state index contributed by atoms with van der Waals surface area (Å²) in [5.41, 5.74) is 5.36. The molecule has 1 aromatic rings. The van der Waals surface area contributed by atoms with E-state index in [1.54, 1.807) is 5.57 Å². The van der Waals surface area contributed by atoms with E-state index in [1.165, 1.54) is 54.6 Å². The quantitative estimate of drug-likeness (QED) is 0.180. The van der Waals surface area contributed by atoms with Gasteiger partial charge in [-0.15, -0.1) is 11.3 Å². The number of hydrogen-bond acceptors (Lipinski definition) is 5. The first kappa shape index (κ1) is 38.7. The molecule has 1 aromatic heterocycles. The summed E-state index contributed by atoms with van der Waals surface area (Å²) in [5, 5.41) is 2.97. The number of hydrogen-bond donors (Lipinski definition) is 0. The molecule has 264 valence electrons. The van der Waals surface area contributed by atoms with Crippen LogP contribution in [-0.2, 0) is 8.85 Å². The lowest BCUT2D eigenvalue weighted by Gasteiger charge is -2.46. The largest absolute Gasteiger partial charge is 0.413 e. The van der Waals surface area contributed by atoms with Crippen molar-refractivity contribution in [3.63, 3.8) is 0 Å². The summed E-state index contributed by atoms with van der Waals surface area (Å²) < 4.78 is 14.2. The predicted octanol–water partition coefficient (Wildman–Crippen LogP) is 12.3. The first-order chi connectivity index (χ1) is 21.6. The summed E-state index contributed by atoms with van der Waals surface area (Å²) >= 11 is 1.49. The third kappa shape index (κ3) is 8.61. The van der Waals surface area contributed by atoms with Gasteiger partial charge in [0.15, 0.2) is 27.4 Å². The van der Waals surface area contributed by atoms with Gasteiger partial charge in [0.05, 0.1) is 12.2 Å². The van der Waals surface area contributed by atoms with Crippen molar-refractivity contribution in [2.45, 2.75) is 169 Å². The molecule has 3 aliphatic carbocycles. The van der Waals surface area contributed by atoms with Crippen LogP contribution in [0.3, 0.4) is 0 Å². The molecule has 3 saturated carbocycles. The normalized spacial score (nSPS) is 30.2. The SMILES string of the molecule is C=C1/C(=C\C=C2/CCC[C@]3(C)[C@@H]([C@H](C)CCC(=O)c4nc(C)cs4)CC[C@@H]23)C[C@@H](O[Si](C)(C)C(C)(C)C)C[C@@H]1O[Si](C)(C)C(C)(C)C. The van der Waals surface area contributed by atoms with E-state index in [1.807, 2.05) is 12.3 Å². The smallest absolute Gasteiger partial charge is 0.192 e. The lowest BCUT2D eigenvalue weighted by atomic mass is 9.60. The van der Waals surface area contributed by atoms with Gasteiger partial charge in [-0.05, 0) is 122 Å². The number of allylic oxidation sites excluding steroid dienone is 3. The Morgan fingerprint density at radius 2 is 1.72 bits per heavy atom. The number of carbonyl (C=O) groups excluding carboxylic acids is 1. The number of ketones is 1. The lowest BCUT2D eigenvalue weighted by Crippen LogP contribution is -2.49. The van der Waals surface area contributed by atoms with Crippen molar-refractivity contribution in [3.8, 4) is 0 Å². The van der Waals surface area contributed by atoms with Crippen molar-refractivity contribution < 1.29 is 13.6 Å². The second-order valence-corrected chi connectivity index (χ2v) is 29.0. The topological polar surface area (TPSA) is 48.4 Å². The number of aryl methyl sites for hydroxylation is 1. The number of nitrogens with zero attached hydrogens (tertiary/aromatic N) is 1. The molecule has 0 aromatic carbocycles. The fourth-order valence-corrected chi connectivity index (χ4v) is 11.6. The molecule has 47 heavy (non-hydrogen) atoms. The number of carbonyl (C=O) groups is 1. The van der Waals surface area contributed by atoms with Gasteiger partial charge in [-0.1, -0.05) is 79.7 Å². The third-order valence-electron chi connectivity index (χ3n) is 13.1. The Bertz CT molecular complexity index is 1360. The van der Waals surface area contributed by atoms with Gasteiger partial charge in [0.25, 0.3) is 0 Å². The van der Waals surface area contributed by atoms with E-state index in [9.17, 15) is 4.79 Å². The summed E-state index contributed by atoms with van der Waals surface area (Å²) in [6, 6.07) is 0. The second-order valence-electron chi connectivity index (χ2n) is 18.6. The van der Waals surface area contributed by atoms with Crippen molar-refractivity contribution in [2.24, 2.45) is 23.2 Å². The minimum atomic E-state index is -1.99. The van der Waals surface area contributed by atoms with Gasteiger partial charge in [0.1, 0.15) is 0 Å². The highest BCUT2D eigenvalue weighted by atomic mass is 32.1. The highest BCUT2D eigenvalue weighted by Crippen LogP contribution is 2.60. The fourth-order valence-electron chi connectivity index (χ4n) is 8.13.